The van der Waals surface area contributed by atoms with Crippen LogP contribution in [-0.2, 0) is 9.47 Å². The number of hydrogen-bond donors (Lipinski definition) is 0. The molecule has 0 spiro atoms. The summed E-state index contributed by atoms with van der Waals surface area (Å²) in [6.07, 6.45) is -11.0. The third-order valence-corrected chi connectivity index (χ3v) is 6.09. The Morgan fingerprint density at radius 1 is 0.917 bits per heavy atom. The van der Waals surface area contributed by atoms with Gasteiger partial charge in [0.1, 0.15) is 6.79 Å². The first-order chi connectivity index (χ1) is 10.9. The molecule has 0 amide bonds. The van der Waals surface area contributed by atoms with E-state index in [2.05, 4.69) is 9.47 Å². The number of alkyl halides is 6. The first kappa shape index (κ1) is 19.8. The quantitative estimate of drug-likeness (QED) is 0.368. The van der Waals surface area contributed by atoms with Crippen molar-refractivity contribution >= 4 is 0 Å². The lowest BCUT2D eigenvalue weighted by atomic mass is 9.71. The second kappa shape index (κ2) is 6.67. The van der Waals surface area contributed by atoms with E-state index < -0.39 is 37.1 Å². The Labute approximate surface area is 137 Å². The molecule has 2 rings (SSSR count). The molecule has 8 heteroatoms. The van der Waals surface area contributed by atoms with E-state index in [0.29, 0.717) is 18.8 Å². The van der Waals surface area contributed by atoms with Gasteiger partial charge in [0.05, 0.1) is 0 Å². The summed E-state index contributed by atoms with van der Waals surface area (Å²) in [6.45, 7) is 4.38. The van der Waals surface area contributed by atoms with E-state index in [1.165, 1.54) is 6.92 Å². The molecule has 2 saturated carbocycles. The monoisotopic (exact) mass is 362 g/mol. The van der Waals surface area contributed by atoms with Gasteiger partial charge in [-0.2, -0.15) is 26.3 Å². The summed E-state index contributed by atoms with van der Waals surface area (Å²) >= 11 is 0. The lowest BCUT2D eigenvalue weighted by molar-refractivity contribution is -0.398. The van der Waals surface area contributed by atoms with E-state index in [1.807, 2.05) is 13.8 Å². The Hall–Kier alpha value is -0.500. The van der Waals surface area contributed by atoms with Gasteiger partial charge in [-0.05, 0) is 55.8 Å². The molecular weight excluding hydrogens is 338 g/mol. The fraction of sp³-hybridized carbons (Fsp3) is 1.00. The van der Waals surface area contributed by atoms with Gasteiger partial charge >= 0.3 is 12.4 Å². The number of rotatable bonds is 6. The average Bonchev–Trinajstić information content (AvgIpc) is 2.96. The minimum absolute atomic E-state index is 0.0194. The highest BCUT2D eigenvalue weighted by Crippen LogP contribution is 2.60. The third-order valence-electron chi connectivity index (χ3n) is 6.09. The molecule has 0 saturated heterocycles. The van der Waals surface area contributed by atoms with E-state index in [0.717, 1.165) is 0 Å². The van der Waals surface area contributed by atoms with E-state index in [1.54, 1.807) is 0 Å². The van der Waals surface area contributed by atoms with Crippen molar-refractivity contribution in [3.05, 3.63) is 0 Å². The highest BCUT2D eigenvalue weighted by molar-refractivity contribution is 5.04. The van der Waals surface area contributed by atoms with Crippen LogP contribution in [0.4, 0.5) is 26.3 Å². The molecule has 142 valence electrons. The Bertz CT molecular complexity index is 417. The number of fused-ring (bicyclic) bond motifs is 2. The molecule has 0 aliphatic heterocycles. The van der Waals surface area contributed by atoms with Gasteiger partial charge in [0.25, 0.3) is 5.60 Å². The molecule has 0 radical (unpaired) electrons. The van der Waals surface area contributed by atoms with E-state index >= 15 is 0 Å². The van der Waals surface area contributed by atoms with Crippen LogP contribution in [0.2, 0.25) is 0 Å². The van der Waals surface area contributed by atoms with Crippen molar-refractivity contribution in [2.45, 2.75) is 58.0 Å². The van der Waals surface area contributed by atoms with Gasteiger partial charge in [0.15, 0.2) is 0 Å². The van der Waals surface area contributed by atoms with Gasteiger partial charge in [-0.15, -0.1) is 0 Å². The molecule has 2 fully saturated rings. The van der Waals surface area contributed by atoms with Crippen molar-refractivity contribution in [2.75, 3.05) is 13.4 Å². The molecule has 24 heavy (non-hydrogen) atoms. The van der Waals surface area contributed by atoms with Crippen LogP contribution in [0.5, 0.6) is 0 Å². The summed E-state index contributed by atoms with van der Waals surface area (Å²) in [6, 6.07) is 0. The number of halogens is 6. The van der Waals surface area contributed by atoms with Crippen LogP contribution in [0.1, 0.15) is 40.0 Å². The van der Waals surface area contributed by atoms with Crippen LogP contribution >= 0.6 is 0 Å². The fourth-order valence-corrected chi connectivity index (χ4v) is 4.54. The molecule has 0 aromatic rings. The van der Waals surface area contributed by atoms with E-state index in [9.17, 15) is 26.3 Å². The molecule has 0 aromatic heterocycles. The van der Waals surface area contributed by atoms with Gasteiger partial charge in [0.2, 0.25) is 0 Å². The summed E-state index contributed by atoms with van der Waals surface area (Å²) in [7, 11) is 0. The third kappa shape index (κ3) is 3.28. The zero-order valence-corrected chi connectivity index (χ0v) is 14.0. The van der Waals surface area contributed by atoms with Crippen LogP contribution < -0.4 is 0 Å². The molecule has 0 heterocycles. The Kier molecular flexibility index (Phi) is 5.50. The summed E-state index contributed by atoms with van der Waals surface area (Å²) in [5, 5.41) is 0. The molecule has 2 aliphatic rings. The van der Waals surface area contributed by atoms with Crippen LogP contribution in [0.25, 0.3) is 0 Å². The van der Waals surface area contributed by atoms with Gasteiger partial charge in [-0.3, -0.25) is 0 Å². The molecule has 2 bridgehead atoms. The van der Waals surface area contributed by atoms with Crippen LogP contribution in [0.3, 0.4) is 0 Å². The Morgan fingerprint density at radius 2 is 1.50 bits per heavy atom. The molecule has 5 unspecified atom stereocenters. The molecular formula is C16H24F6O2. The maximum Gasteiger partial charge on any atom is 0.426 e. The largest absolute Gasteiger partial charge is 0.426 e. The van der Waals surface area contributed by atoms with Crippen molar-refractivity contribution in [2.24, 2.45) is 29.6 Å². The van der Waals surface area contributed by atoms with Gasteiger partial charge < -0.3 is 9.47 Å². The summed E-state index contributed by atoms with van der Waals surface area (Å²) < 4.78 is 89.8. The van der Waals surface area contributed by atoms with Crippen molar-refractivity contribution in [3.63, 3.8) is 0 Å². The van der Waals surface area contributed by atoms with Crippen molar-refractivity contribution in [1.29, 1.82) is 0 Å². The van der Waals surface area contributed by atoms with Crippen molar-refractivity contribution < 1.29 is 35.8 Å². The molecule has 2 nitrogen and oxygen atoms in total. The SMILES string of the molecule is CCOCOC(CC1CC2CC1C(C)C2C)(C(F)(F)F)C(F)(F)F. The van der Waals surface area contributed by atoms with E-state index in [4.69, 9.17) is 0 Å². The van der Waals surface area contributed by atoms with E-state index in [-0.39, 0.29) is 24.4 Å². The first-order valence-corrected chi connectivity index (χ1v) is 8.29. The van der Waals surface area contributed by atoms with Gasteiger partial charge in [-0.1, -0.05) is 13.8 Å². The summed E-state index contributed by atoms with van der Waals surface area (Å²) in [4.78, 5) is 0. The van der Waals surface area contributed by atoms with Crippen molar-refractivity contribution in [3.8, 4) is 0 Å². The maximum absolute atomic E-state index is 13.5. The molecule has 0 N–H and O–H groups in total. The maximum atomic E-state index is 13.5. The second-order valence-electron chi connectivity index (χ2n) is 7.16. The predicted molar refractivity (Wildman–Crippen MR) is 75.1 cm³/mol. The summed E-state index contributed by atoms with van der Waals surface area (Å²) in [5.74, 6) is -0.0431. The van der Waals surface area contributed by atoms with Crippen LogP contribution in [-0.4, -0.2) is 31.4 Å². The van der Waals surface area contributed by atoms with Crippen molar-refractivity contribution in [1.82, 2.24) is 0 Å². The minimum atomic E-state index is -5.54. The zero-order valence-electron chi connectivity index (χ0n) is 14.0. The zero-order chi connectivity index (χ0) is 18.3. The van der Waals surface area contributed by atoms with Crippen LogP contribution in [0.15, 0.2) is 0 Å². The molecule has 5 atom stereocenters. The number of hydrogen-bond acceptors (Lipinski definition) is 2. The highest BCUT2D eigenvalue weighted by Gasteiger charge is 2.73. The lowest BCUT2D eigenvalue weighted by Gasteiger charge is -2.41. The average molecular weight is 362 g/mol. The highest BCUT2D eigenvalue weighted by atomic mass is 19.4. The fourth-order valence-electron chi connectivity index (χ4n) is 4.54. The van der Waals surface area contributed by atoms with Gasteiger partial charge in [-0.25, -0.2) is 0 Å². The molecule has 2 aliphatic carbocycles. The predicted octanol–water partition coefficient (Wildman–Crippen LogP) is 5.18. The number of ether oxygens (including phenoxy) is 2. The Morgan fingerprint density at radius 3 is 1.92 bits per heavy atom. The van der Waals surface area contributed by atoms with Gasteiger partial charge in [0, 0.05) is 6.61 Å². The first-order valence-electron chi connectivity index (χ1n) is 8.29. The minimum Gasteiger partial charge on any atom is -0.356 e. The second-order valence-corrected chi connectivity index (χ2v) is 7.16. The molecule has 0 aromatic carbocycles. The topological polar surface area (TPSA) is 18.5 Å². The van der Waals surface area contributed by atoms with Crippen LogP contribution in [0, 0.1) is 29.6 Å². The summed E-state index contributed by atoms with van der Waals surface area (Å²) in [5.41, 5.74) is -4.16. The smallest absolute Gasteiger partial charge is 0.356 e. The lowest BCUT2D eigenvalue weighted by Crippen LogP contribution is -2.60. The standard InChI is InChI=1S/C16H24F6O2/c1-4-23-8-24-14(15(17,18)19,16(20,21)22)7-12-5-11-6-13(12)10(3)9(11)2/h9-13H,4-8H2,1-3H3. The Balaban J connectivity index is 2.26. The normalized spacial score (nSPS) is 34.1.